The van der Waals surface area contributed by atoms with Crippen molar-refractivity contribution in [1.29, 1.82) is 0 Å². The van der Waals surface area contributed by atoms with E-state index >= 15 is 0 Å². The third-order valence-corrected chi connectivity index (χ3v) is 6.25. The third kappa shape index (κ3) is 6.30. The number of imidazole rings is 1. The number of rotatable bonds is 7. The summed E-state index contributed by atoms with van der Waals surface area (Å²) in [6.45, 7) is 2.14. The number of aromatic nitrogens is 4. The Morgan fingerprint density at radius 2 is 2.08 bits per heavy atom. The monoisotopic (exact) mass is 569 g/mol. The number of nitrogens with one attached hydrogen (secondary N) is 3. The molecule has 2 aromatic heterocycles. The molecule has 2 amide bonds. The molecule has 9 nitrogen and oxygen atoms in total. The average molecular weight is 570 g/mol. The number of carbonyl (C=O) groups is 2. The standard InChI is InChI=1S/C24H23ClF3N7O2.ClH/c1-3-8-35-13-17(20(33-35)24(26,27)28)19-12-30-21(34(19)2)23(37)32-15-4-5-16(18(25)9-15)22(36)31-11-14-6-7-29-10-14;/h1,4-5,9,12-14,29H,6-8,10-11H2,2H3,(H,31,36)(H,32,37);1H. The molecular formula is C24H24Cl2F3N7O2. The number of anilines is 1. The molecular weight excluding hydrogens is 546 g/mol. The normalized spacial score (nSPS) is 15.0. The van der Waals surface area contributed by atoms with Gasteiger partial charge in [-0.2, -0.15) is 18.3 Å². The molecule has 3 heterocycles. The van der Waals surface area contributed by atoms with Gasteiger partial charge in [-0.3, -0.25) is 14.3 Å². The Bertz CT molecular complexity index is 1370. The molecule has 4 rings (SSSR count). The lowest BCUT2D eigenvalue weighted by atomic mass is 10.1. The maximum Gasteiger partial charge on any atom is 0.435 e. The lowest BCUT2D eigenvalue weighted by molar-refractivity contribution is -0.141. The number of terminal acetylenes is 1. The SMILES string of the molecule is C#CCn1cc(-c2cnc(C(=O)Nc3ccc(C(=O)NCC4CCNC4)c(Cl)c3)n2C)c(C(F)(F)F)n1.Cl. The van der Waals surface area contributed by atoms with Crippen LogP contribution in [0.5, 0.6) is 0 Å². The number of carbonyl (C=O) groups excluding carboxylic acids is 2. The van der Waals surface area contributed by atoms with Crippen molar-refractivity contribution < 1.29 is 22.8 Å². The number of alkyl halides is 3. The van der Waals surface area contributed by atoms with Crippen molar-refractivity contribution in [3.63, 3.8) is 0 Å². The predicted molar refractivity (Wildman–Crippen MR) is 138 cm³/mol. The molecule has 14 heteroatoms. The van der Waals surface area contributed by atoms with Crippen molar-refractivity contribution in [3.8, 4) is 23.6 Å². The molecule has 0 spiro atoms. The molecule has 38 heavy (non-hydrogen) atoms. The largest absolute Gasteiger partial charge is 0.435 e. The summed E-state index contributed by atoms with van der Waals surface area (Å²) in [4.78, 5) is 29.3. The Hall–Kier alpha value is -3.53. The Kier molecular flexibility index (Phi) is 9.09. The second-order valence-corrected chi connectivity index (χ2v) is 8.94. The second kappa shape index (κ2) is 11.9. The summed E-state index contributed by atoms with van der Waals surface area (Å²) in [5, 5.41) is 12.4. The fourth-order valence-corrected chi connectivity index (χ4v) is 4.31. The van der Waals surface area contributed by atoms with Crippen LogP contribution in [-0.4, -0.2) is 50.8 Å². The van der Waals surface area contributed by atoms with E-state index in [2.05, 4.69) is 32.0 Å². The maximum absolute atomic E-state index is 13.5. The van der Waals surface area contributed by atoms with Crippen molar-refractivity contribution in [2.45, 2.75) is 19.1 Å². The third-order valence-electron chi connectivity index (χ3n) is 5.94. The highest BCUT2D eigenvalue weighted by Crippen LogP contribution is 2.36. The topological polar surface area (TPSA) is 106 Å². The molecule has 1 fully saturated rings. The summed E-state index contributed by atoms with van der Waals surface area (Å²) in [6.07, 6.45) is 3.76. The smallest absolute Gasteiger partial charge is 0.352 e. The van der Waals surface area contributed by atoms with Crippen LogP contribution in [0.4, 0.5) is 18.9 Å². The van der Waals surface area contributed by atoms with E-state index in [0.29, 0.717) is 12.5 Å². The molecule has 0 radical (unpaired) electrons. The van der Waals surface area contributed by atoms with Crippen LogP contribution in [0.2, 0.25) is 5.02 Å². The Labute approximate surface area is 227 Å². The quantitative estimate of drug-likeness (QED) is 0.377. The molecule has 0 aliphatic carbocycles. The number of hydrogen-bond donors (Lipinski definition) is 3. The number of nitrogens with zero attached hydrogens (tertiary/aromatic N) is 4. The van der Waals surface area contributed by atoms with Gasteiger partial charge in [0.25, 0.3) is 11.8 Å². The molecule has 1 aromatic carbocycles. The molecule has 3 N–H and O–H groups in total. The van der Waals surface area contributed by atoms with Crippen LogP contribution in [0.15, 0.2) is 30.6 Å². The predicted octanol–water partition coefficient (Wildman–Crippen LogP) is 3.60. The van der Waals surface area contributed by atoms with E-state index in [1.165, 1.54) is 29.8 Å². The number of halogens is 5. The summed E-state index contributed by atoms with van der Waals surface area (Å²) in [5.41, 5.74) is -0.822. The highest BCUT2D eigenvalue weighted by atomic mass is 35.5. The Balaban J connectivity index is 0.00000400. The van der Waals surface area contributed by atoms with E-state index in [0.717, 1.165) is 36.6 Å². The average Bonchev–Trinajstić information content (AvgIpc) is 3.57. The fraction of sp³-hybridized carbons (Fsp3) is 0.333. The lowest BCUT2D eigenvalue weighted by Crippen LogP contribution is -2.30. The van der Waals surface area contributed by atoms with Crippen molar-refractivity contribution in [1.82, 2.24) is 30.0 Å². The summed E-state index contributed by atoms with van der Waals surface area (Å²) < 4.78 is 42.9. The van der Waals surface area contributed by atoms with E-state index in [9.17, 15) is 22.8 Å². The molecule has 3 aromatic rings. The van der Waals surface area contributed by atoms with Crippen LogP contribution in [-0.2, 0) is 19.8 Å². The minimum Gasteiger partial charge on any atom is -0.352 e. The molecule has 1 unspecified atom stereocenters. The molecule has 0 saturated carbocycles. The first kappa shape index (κ1) is 29.0. The van der Waals surface area contributed by atoms with Gasteiger partial charge in [-0.05, 0) is 43.6 Å². The minimum absolute atomic E-state index is 0. The number of hydrogen-bond acceptors (Lipinski definition) is 5. The summed E-state index contributed by atoms with van der Waals surface area (Å²) in [7, 11) is 1.41. The van der Waals surface area contributed by atoms with E-state index < -0.39 is 17.8 Å². The molecule has 1 saturated heterocycles. The van der Waals surface area contributed by atoms with Gasteiger partial charge in [0, 0.05) is 25.5 Å². The zero-order valence-corrected chi connectivity index (χ0v) is 21.7. The van der Waals surface area contributed by atoms with Gasteiger partial charge in [-0.15, -0.1) is 18.8 Å². The van der Waals surface area contributed by atoms with E-state index in [4.69, 9.17) is 18.0 Å². The van der Waals surface area contributed by atoms with Crippen molar-refractivity contribution >= 4 is 41.5 Å². The summed E-state index contributed by atoms with van der Waals surface area (Å²) >= 11 is 6.28. The van der Waals surface area contributed by atoms with Crippen LogP contribution in [0.25, 0.3) is 11.3 Å². The van der Waals surface area contributed by atoms with Crippen LogP contribution in [0, 0.1) is 18.3 Å². The van der Waals surface area contributed by atoms with E-state index in [1.807, 2.05) is 0 Å². The van der Waals surface area contributed by atoms with Gasteiger partial charge < -0.3 is 20.5 Å². The number of amides is 2. The van der Waals surface area contributed by atoms with Gasteiger partial charge in [-0.25, -0.2) is 4.98 Å². The zero-order chi connectivity index (χ0) is 26.7. The van der Waals surface area contributed by atoms with E-state index in [1.54, 1.807) is 0 Å². The first-order valence-electron chi connectivity index (χ1n) is 11.3. The van der Waals surface area contributed by atoms with E-state index in [-0.39, 0.29) is 58.2 Å². The van der Waals surface area contributed by atoms with Crippen LogP contribution < -0.4 is 16.0 Å². The van der Waals surface area contributed by atoms with Crippen molar-refractivity contribution in [2.24, 2.45) is 13.0 Å². The van der Waals surface area contributed by atoms with Crippen molar-refractivity contribution in [3.05, 3.63) is 52.7 Å². The van der Waals surface area contributed by atoms with Gasteiger partial charge in [0.1, 0.15) is 6.54 Å². The summed E-state index contributed by atoms with van der Waals surface area (Å²) in [5.74, 6) is 1.45. The molecule has 1 atom stereocenters. The van der Waals surface area contributed by atoms with Crippen LogP contribution >= 0.6 is 24.0 Å². The molecule has 0 bridgehead atoms. The highest BCUT2D eigenvalue weighted by molar-refractivity contribution is 6.34. The number of benzene rings is 1. The highest BCUT2D eigenvalue weighted by Gasteiger charge is 2.38. The minimum atomic E-state index is -4.74. The fourth-order valence-electron chi connectivity index (χ4n) is 4.05. The van der Waals surface area contributed by atoms with Gasteiger partial charge in [-0.1, -0.05) is 17.5 Å². The zero-order valence-electron chi connectivity index (χ0n) is 20.1. The van der Waals surface area contributed by atoms with Gasteiger partial charge in [0.2, 0.25) is 0 Å². The molecule has 202 valence electrons. The van der Waals surface area contributed by atoms with Gasteiger partial charge in [0.15, 0.2) is 11.5 Å². The maximum atomic E-state index is 13.5. The van der Waals surface area contributed by atoms with Crippen molar-refractivity contribution in [2.75, 3.05) is 25.0 Å². The first-order chi connectivity index (χ1) is 17.6. The van der Waals surface area contributed by atoms with Crippen LogP contribution in [0.3, 0.4) is 0 Å². The van der Waals surface area contributed by atoms with Gasteiger partial charge >= 0.3 is 6.18 Å². The Morgan fingerprint density at radius 1 is 1.32 bits per heavy atom. The molecule has 1 aliphatic heterocycles. The lowest BCUT2D eigenvalue weighted by Gasteiger charge is -2.12. The summed E-state index contributed by atoms with van der Waals surface area (Å²) in [6, 6.07) is 4.41. The first-order valence-corrected chi connectivity index (χ1v) is 11.7. The Morgan fingerprint density at radius 3 is 2.71 bits per heavy atom. The van der Waals surface area contributed by atoms with Gasteiger partial charge in [0.05, 0.1) is 28.0 Å². The second-order valence-electron chi connectivity index (χ2n) is 8.53. The van der Waals surface area contributed by atoms with Crippen LogP contribution in [0.1, 0.15) is 33.1 Å². The molecule has 1 aliphatic rings.